The minimum atomic E-state index is -3.40. The van der Waals surface area contributed by atoms with Crippen molar-refractivity contribution in [3.63, 3.8) is 0 Å². The number of ketones is 1. The number of unbranched alkanes of at least 4 members (excludes halogenated alkanes) is 1. The molecule has 0 atom stereocenters. The lowest BCUT2D eigenvalue weighted by Crippen LogP contribution is -2.33. The molecule has 0 saturated heterocycles. The van der Waals surface area contributed by atoms with E-state index in [0.29, 0.717) is 46.5 Å². The molecule has 0 aliphatic carbocycles. The van der Waals surface area contributed by atoms with Gasteiger partial charge in [0.25, 0.3) is 0 Å². The molecule has 0 radical (unpaired) electrons. The number of carbonyl (C=O) groups excluding carboxylic acids is 2. The highest BCUT2D eigenvalue weighted by Gasteiger charge is 2.39. The predicted molar refractivity (Wildman–Crippen MR) is 122 cm³/mol. The van der Waals surface area contributed by atoms with Gasteiger partial charge in [0, 0.05) is 18.5 Å². The van der Waals surface area contributed by atoms with Crippen LogP contribution in [0.15, 0.2) is 17.2 Å². The van der Waals surface area contributed by atoms with E-state index >= 15 is 0 Å². The zero-order valence-electron chi connectivity index (χ0n) is 19.7. The Morgan fingerprint density at radius 2 is 1.88 bits per heavy atom. The highest BCUT2D eigenvalue weighted by molar-refractivity contribution is 7.91. The summed E-state index contributed by atoms with van der Waals surface area (Å²) in [5, 5.41) is 4.23. The molecular formula is C24H32N2O5S. The van der Waals surface area contributed by atoms with E-state index in [2.05, 4.69) is 5.10 Å². The molecule has 7 nitrogen and oxygen atoms in total. The first-order chi connectivity index (χ1) is 14.9. The van der Waals surface area contributed by atoms with E-state index in [-0.39, 0.29) is 34.8 Å². The summed E-state index contributed by atoms with van der Waals surface area (Å²) in [7, 11) is -3.40. The fraction of sp³-hybridized carbons (Fsp3) is 0.542. The molecule has 3 rings (SSSR count). The third kappa shape index (κ3) is 4.25. The van der Waals surface area contributed by atoms with Crippen LogP contribution in [0.2, 0.25) is 0 Å². The second kappa shape index (κ2) is 8.81. The number of hydrogen-bond acceptors (Lipinski definition) is 6. The average Bonchev–Trinajstić information content (AvgIpc) is 3.12. The van der Waals surface area contributed by atoms with E-state index in [1.54, 1.807) is 19.9 Å². The van der Waals surface area contributed by atoms with Crippen LogP contribution in [0, 0.1) is 13.8 Å². The Hall–Kier alpha value is -2.48. The third-order valence-electron chi connectivity index (χ3n) is 6.23. The number of carbonyl (C=O) groups is 2. The van der Waals surface area contributed by atoms with Crippen molar-refractivity contribution in [1.82, 2.24) is 9.78 Å². The number of hydrogen-bond donors (Lipinski definition) is 0. The molecule has 0 N–H and O–H groups in total. The molecule has 1 aliphatic rings. The topological polar surface area (TPSA) is 95.3 Å². The number of nitrogens with zero attached hydrogens (tertiary/aromatic N) is 2. The molecule has 174 valence electrons. The first-order valence-electron chi connectivity index (χ1n) is 11.1. The Bertz CT molecular complexity index is 1180. The molecule has 1 aliphatic heterocycles. The minimum absolute atomic E-state index is 0.0989. The maximum absolute atomic E-state index is 13.6. The molecule has 0 amide bonds. The summed E-state index contributed by atoms with van der Waals surface area (Å²) in [5.74, 6) is -0.492. The molecule has 0 bridgehead atoms. The van der Waals surface area contributed by atoms with Gasteiger partial charge in [-0.3, -0.25) is 9.59 Å². The summed E-state index contributed by atoms with van der Waals surface area (Å²) in [6, 6.07) is 1.64. The summed E-state index contributed by atoms with van der Waals surface area (Å²) < 4.78 is 32.7. The second-order valence-electron chi connectivity index (χ2n) is 9.11. The lowest BCUT2D eigenvalue weighted by atomic mass is 9.77. The van der Waals surface area contributed by atoms with E-state index < -0.39 is 15.8 Å². The van der Waals surface area contributed by atoms with Gasteiger partial charge in [0.1, 0.15) is 5.56 Å². The van der Waals surface area contributed by atoms with Crippen molar-refractivity contribution in [2.45, 2.75) is 84.1 Å². The van der Waals surface area contributed by atoms with Crippen molar-refractivity contribution in [1.29, 1.82) is 0 Å². The average molecular weight is 461 g/mol. The van der Waals surface area contributed by atoms with Gasteiger partial charge in [-0.05, 0) is 61.8 Å². The van der Waals surface area contributed by atoms with Crippen LogP contribution in [0.5, 0.6) is 5.88 Å². The zero-order chi connectivity index (χ0) is 23.8. The van der Waals surface area contributed by atoms with E-state index in [9.17, 15) is 18.0 Å². The molecule has 1 aromatic carbocycles. The van der Waals surface area contributed by atoms with Crippen molar-refractivity contribution < 1.29 is 22.7 Å². The Kier molecular flexibility index (Phi) is 6.65. The van der Waals surface area contributed by atoms with Crippen LogP contribution >= 0.6 is 0 Å². The number of fused-ring (bicyclic) bond motifs is 1. The van der Waals surface area contributed by atoms with Gasteiger partial charge in [0.2, 0.25) is 5.88 Å². The Balaban J connectivity index is 2.13. The van der Waals surface area contributed by atoms with Crippen molar-refractivity contribution in [2.75, 3.05) is 5.75 Å². The van der Waals surface area contributed by atoms with Gasteiger partial charge >= 0.3 is 5.97 Å². The van der Waals surface area contributed by atoms with Gasteiger partial charge in [-0.2, -0.15) is 5.10 Å². The summed E-state index contributed by atoms with van der Waals surface area (Å²) in [6.07, 6.45) is 3.75. The fourth-order valence-corrected chi connectivity index (χ4v) is 6.72. The Labute approximate surface area is 190 Å². The molecule has 32 heavy (non-hydrogen) atoms. The number of esters is 1. The number of aromatic nitrogens is 2. The van der Waals surface area contributed by atoms with E-state index in [0.717, 1.165) is 6.42 Å². The lowest BCUT2D eigenvalue weighted by Gasteiger charge is -2.35. The molecule has 0 spiro atoms. The molecule has 1 aromatic heterocycles. The quantitative estimate of drug-likeness (QED) is 0.451. The molecule has 2 aromatic rings. The second-order valence-corrected chi connectivity index (χ2v) is 11.2. The zero-order valence-corrected chi connectivity index (χ0v) is 20.6. The lowest BCUT2D eigenvalue weighted by molar-refractivity contribution is -0.135. The summed E-state index contributed by atoms with van der Waals surface area (Å²) in [6.45, 7) is 11.8. The Morgan fingerprint density at radius 3 is 2.50 bits per heavy atom. The summed E-state index contributed by atoms with van der Waals surface area (Å²) in [4.78, 5) is 26.3. The largest absolute Gasteiger partial charge is 0.407 e. The van der Waals surface area contributed by atoms with E-state index in [4.69, 9.17) is 4.74 Å². The van der Waals surface area contributed by atoms with Gasteiger partial charge in [-0.15, -0.1) is 0 Å². The van der Waals surface area contributed by atoms with Crippen LogP contribution in [0.25, 0.3) is 0 Å². The highest BCUT2D eigenvalue weighted by atomic mass is 32.2. The monoisotopic (exact) mass is 460 g/mol. The van der Waals surface area contributed by atoms with Crippen molar-refractivity contribution in [3.8, 4) is 5.88 Å². The highest BCUT2D eigenvalue weighted by Crippen LogP contribution is 2.43. The summed E-state index contributed by atoms with van der Waals surface area (Å²) >= 11 is 0. The van der Waals surface area contributed by atoms with Gasteiger partial charge in [-0.25, -0.2) is 13.1 Å². The number of aryl methyl sites for hydroxylation is 2. The van der Waals surface area contributed by atoms with E-state index in [1.807, 2.05) is 27.7 Å². The van der Waals surface area contributed by atoms with Gasteiger partial charge < -0.3 is 4.74 Å². The van der Waals surface area contributed by atoms with Gasteiger partial charge in [0.15, 0.2) is 15.6 Å². The summed E-state index contributed by atoms with van der Waals surface area (Å²) in [5.41, 5.74) is 2.15. The number of benzene rings is 1. The van der Waals surface area contributed by atoms with Crippen molar-refractivity contribution in [2.24, 2.45) is 0 Å². The van der Waals surface area contributed by atoms with Crippen LogP contribution in [0.3, 0.4) is 0 Å². The van der Waals surface area contributed by atoms with Gasteiger partial charge in [0.05, 0.1) is 16.8 Å². The maximum Gasteiger partial charge on any atom is 0.312 e. The Morgan fingerprint density at radius 1 is 1.19 bits per heavy atom. The SMILES string of the molecule is CCCCC(=O)Oc1c(C(=O)c2cc(C)c3c(c2C)C(C)(C)CCS3(=O)=O)cnn1CC. The van der Waals surface area contributed by atoms with E-state index in [1.165, 1.54) is 10.9 Å². The van der Waals surface area contributed by atoms with Crippen LogP contribution in [-0.4, -0.2) is 35.7 Å². The van der Waals surface area contributed by atoms with Gasteiger partial charge in [-0.1, -0.05) is 27.2 Å². The first-order valence-corrected chi connectivity index (χ1v) is 12.8. The van der Waals surface area contributed by atoms with Crippen molar-refractivity contribution >= 4 is 21.6 Å². The van der Waals surface area contributed by atoms with Crippen LogP contribution in [-0.2, 0) is 26.6 Å². The third-order valence-corrected chi connectivity index (χ3v) is 8.12. The standard InChI is InChI=1S/C24H32N2O5S/c1-7-9-10-19(27)31-23-18(14-25-26(23)8-2)21(28)17-13-15(3)22-20(16(17)4)24(5,6)11-12-32(22,29)30/h13-14H,7-12H2,1-6H3. The van der Waals surface area contributed by atoms with Crippen LogP contribution in [0.4, 0.5) is 0 Å². The predicted octanol–water partition coefficient (Wildman–Crippen LogP) is 4.30. The minimum Gasteiger partial charge on any atom is -0.407 e. The normalized spacial score (nSPS) is 16.4. The smallest absolute Gasteiger partial charge is 0.312 e. The number of sulfone groups is 1. The van der Waals surface area contributed by atoms with Crippen LogP contribution in [0.1, 0.15) is 86.0 Å². The number of rotatable bonds is 7. The maximum atomic E-state index is 13.6. The molecule has 0 fully saturated rings. The van der Waals surface area contributed by atoms with Crippen molar-refractivity contribution in [3.05, 3.63) is 40.1 Å². The molecule has 2 heterocycles. The molecule has 0 unspecified atom stereocenters. The fourth-order valence-electron chi connectivity index (χ4n) is 4.45. The molecule has 0 saturated carbocycles. The molecule has 8 heteroatoms. The van der Waals surface area contributed by atoms with Crippen LogP contribution < -0.4 is 4.74 Å². The first kappa shape index (κ1) is 24.2. The molecular weight excluding hydrogens is 428 g/mol. The number of ether oxygens (including phenoxy) is 1.